The van der Waals surface area contributed by atoms with Crippen molar-refractivity contribution in [3.63, 3.8) is 0 Å². The number of nitrogens with one attached hydrogen (secondary N) is 2. The van der Waals surface area contributed by atoms with E-state index in [9.17, 15) is 13.2 Å². The number of hydrogen-bond acceptors (Lipinski definition) is 5. The van der Waals surface area contributed by atoms with Crippen molar-refractivity contribution in [1.29, 1.82) is 0 Å². The van der Waals surface area contributed by atoms with E-state index in [1.807, 2.05) is 6.92 Å². The fourth-order valence-corrected chi connectivity index (χ4v) is 2.09. The Balaban J connectivity index is 2.29. The molecule has 0 aliphatic heterocycles. The molecule has 9 heteroatoms. The normalized spacial score (nSPS) is 11.6. The van der Waals surface area contributed by atoms with Crippen molar-refractivity contribution in [3.05, 3.63) is 24.2 Å². The molecule has 0 aliphatic carbocycles. The van der Waals surface area contributed by atoms with Crippen LogP contribution in [0.3, 0.4) is 0 Å². The predicted molar refractivity (Wildman–Crippen MR) is 68.5 cm³/mol. The van der Waals surface area contributed by atoms with Crippen LogP contribution in [0.1, 0.15) is 19.0 Å². The van der Waals surface area contributed by atoms with Crippen molar-refractivity contribution < 1.29 is 13.2 Å². The van der Waals surface area contributed by atoms with Gasteiger partial charge in [-0.15, -0.1) is 0 Å². The minimum absolute atomic E-state index is 0.0317. The van der Waals surface area contributed by atoms with E-state index in [1.54, 1.807) is 6.20 Å². The zero-order valence-corrected chi connectivity index (χ0v) is 11.3. The summed E-state index contributed by atoms with van der Waals surface area (Å²) < 4.78 is 38.4. The summed E-state index contributed by atoms with van der Waals surface area (Å²) >= 11 is 1.01. The molecule has 0 unspecified atom stereocenters. The highest BCUT2D eigenvalue weighted by atomic mass is 32.2. The molecule has 2 heterocycles. The Morgan fingerprint density at radius 3 is 2.75 bits per heavy atom. The Morgan fingerprint density at radius 2 is 2.15 bits per heavy atom. The van der Waals surface area contributed by atoms with Crippen LogP contribution in [0.25, 0.3) is 0 Å². The second-order valence-corrected chi connectivity index (χ2v) is 4.85. The molecule has 0 aromatic carbocycles. The first-order chi connectivity index (χ1) is 9.49. The van der Waals surface area contributed by atoms with Crippen molar-refractivity contribution in [2.75, 3.05) is 11.9 Å². The van der Waals surface area contributed by atoms with Crippen LogP contribution in [0.2, 0.25) is 0 Å². The van der Waals surface area contributed by atoms with E-state index in [2.05, 4.69) is 25.3 Å². The first-order valence-corrected chi connectivity index (χ1v) is 6.68. The number of anilines is 1. The molecule has 5 nitrogen and oxygen atoms in total. The minimum atomic E-state index is -4.51. The van der Waals surface area contributed by atoms with Crippen LogP contribution in [0, 0.1) is 0 Å². The van der Waals surface area contributed by atoms with Crippen LogP contribution >= 0.6 is 11.8 Å². The summed E-state index contributed by atoms with van der Waals surface area (Å²) in [7, 11) is 0. The van der Waals surface area contributed by atoms with Gasteiger partial charge in [-0.25, -0.2) is 15.0 Å². The molecular formula is C11H12F3N5S. The Kier molecular flexibility index (Phi) is 4.48. The van der Waals surface area contributed by atoms with E-state index in [0.29, 0.717) is 11.7 Å². The van der Waals surface area contributed by atoms with E-state index in [0.717, 1.165) is 24.2 Å². The van der Waals surface area contributed by atoms with Crippen LogP contribution in [-0.2, 0) is 6.18 Å². The van der Waals surface area contributed by atoms with Gasteiger partial charge in [0.15, 0.2) is 10.9 Å². The van der Waals surface area contributed by atoms with Gasteiger partial charge in [0.2, 0.25) is 5.95 Å². The summed E-state index contributed by atoms with van der Waals surface area (Å²) in [6.07, 6.45) is -0.640. The molecular weight excluding hydrogens is 291 g/mol. The molecule has 2 rings (SSSR count). The van der Waals surface area contributed by atoms with E-state index in [1.165, 1.54) is 6.20 Å². The average molecular weight is 303 g/mol. The summed E-state index contributed by atoms with van der Waals surface area (Å²) in [4.78, 5) is 14.3. The number of imidazole rings is 1. The van der Waals surface area contributed by atoms with Gasteiger partial charge in [0.1, 0.15) is 5.03 Å². The van der Waals surface area contributed by atoms with Gasteiger partial charge in [0.25, 0.3) is 0 Å². The maximum Gasteiger partial charge on any atom is 0.433 e. The molecule has 0 aliphatic rings. The minimum Gasteiger partial charge on any atom is -0.354 e. The second-order valence-electron chi connectivity index (χ2n) is 3.84. The standard InChI is InChI=1S/C11H12F3N5S/c1-2-3-15-9-18-7(11(12,13)14)6-8(19-9)20-10-16-4-5-17-10/h4-6H,2-3H2,1H3,(H,16,17)(H,15,18,19). The predicted octanol–water partition coefficient (Wildman–Crippen LogP) is 3.19. The fraction of sp³-hybridized carbons (Fsp3) is 0.364. The first kappa shape index (κ1) is 14.6. The summed E-state index contributed by atoms with van der Waals surface area (Å²) in [6.45, 7) is 2.41. The van der Waals surface area contributed by atoms with E-state index in [4.69, 9.17) is 0 Å². The maximum atomic E-state index is 12.8. The molecule has 2 N–H and O–H groups in total. The molecule has 2 aromatic rings. The summed E-state index contributed by atoms with van der Waals surface area (Å²) in [5.74, 6) is -0.0317. The number of rotatable bonds is 5. The molecule has 20 heavy (non-hydrogen) atoms. The molecule has 2 aromatic heterocycles. The number of halogens is 3. The molecule has 108 valence electrons. The topological polar surface area (TPSA) is 66.5 Å². The summed E-state index contributed by atoms with van der Waals surface area (Å²) in [5, 5.41) is 3.41. The van der Waals surface area contributed by atoms with Crippen LogP contribution in [0.4, 0.5) is 19.1 Å². The second kappa shape index (κ2) is 6.12. The Bertz CT molecular complexity index is 556. The lowest BCUT2D eigenvalue weighted by Crippen LogP contribution is -2.13. The molecule has 0 amide bonds. The Morgan fingerprint density at radius 1 is 1.35 bits per heavy atom. The smallest absolute Gasteiger partial charge is 0.354 e. The van der Waals surface area contributed by atoms with Crippen molar-refractivity contribution in [3.8, 4) is 0 Å². The lowest BCUT2D eigenvalue weighted by molar-refractivity contribution is -0.141. The summed E-state index contributed by atoms with van der Waals surface area (Å²) in [5.41, 5.74) is -0.972. The Labute approximate surface area is 117 Å². The molecule has 0 fully saturated rings. The number of aromatic amines is 1. The van der Waals surface area contributed by atoms with E-state index >= 15 is 0 Å². The van der Waals surface area contributed by atoms with Gasteiger partial charge < -0.3 is 10.3 Å². The Hall–Kier alpha value is -1.77. The van der Waals surface area contributed by atoms with Crippen LogP contribution < -0.4 is 5.32 Å². The van der Waals surface area contributed by atoms with Gasteiger partial charge in [0, 0.05) is 25.0 Å². The third-order valence-electron chi connectivity index (χ3n) is 2.20. The van der Waals surface area contributed by atoms with E-state index < -0.39 is 11.9 Å². The number of aromatic nitrogens is 4. The van der Waals surface area contributed by atoms with Crippen molar-refractivity contribution in [2.45, 2.75) is 29.7 Å². The van der Waals surface area contributed by atoms with Gasteiger partial charge in [-0.05, 0) is 18.2 Å². The first-order valence-electron chi connectivity index (χ1n) is 5.86. The summed E-state index contributed by atoms with van der Waals surface area (Å²) in [6, 6.07) is 0.907. The van der Waals surface area contributed by atoms with Crippen LogP contribution in [0.15, 0.2) is 28.6 Å². The molecule has 0 atom stereocenters. The average Bonchev–Trinajstić information content (AvgIpc) is 2.88. The third kappa shape index (κ3) is 3.86. The molecule has 0 bridgehead atoms. The van der Waals surface area contributed by atoms with Gasteiger partial charge in [-0.2, -0.15) is 13.2 Å². The number of hydrogen-bond donors (Lipinski definition) is 2. The monoisotopic (exact) mass is 303 g/mol. The SMILES string of the molecule is CCCNc1nc(Sc2ncc[nH]2)cc(C(F)(F)F)n1. The number of nitrogens with zero attached hydrogens (tertiary/aromatic N) is 3. The van der Waals surface area contributed by atoms with Gasteiger partial charge in [-0.1, -0.05) is 6.92 Å². The highest BCUT2D eigenvalue weighted by Crippen LogP contribution is 2.32. The van der Waals surface area contributed by atoms with Crippen LogP contribution in [-0.4, -0.2) is 26.5 Å². The lowest BCUT2D eigenvalue weighted by atomic mass is 10.4. The zero-order chi connectivity index (χ0) is 14.6. The maximum absolute atomic E-state index is 12.8. The van der Waals surface area contributed by atoms with Gasteiger partial charge >= 0.3 is 6.18 Å². The van der Waals surface area contributed by atoms with Crippen LogP contribution in [0.5, 0.6) is 0 Å². The van der Waals surface area contributed by atoms with Gasteiger partial charge in [0.05, 0.1) is 0 Å². The van der Waals surface area contributed by atoms with E-state index in [-0.39, 0.29) is 11.0 Å². The fourth-order valence-electron chi connectivity index (χ4n) is 1.34. The molecule has 0 radical (unpaired) electrons. The number of H-pyrrole nitrogens is 1. The largest absolute Gasteiger partial charge is 0.433 e. The third-order valence-corrected chi connectivity index (χ3v) is 3.04. The zero-order valence-electron chi connectivity index (χ0n) is 10.5. The quantitative estimate of drug-likeness (QED) is 0.830. The van der Waals surface area contributed by atoms with Crippen molar-refractivity contribution in [2.24, 2.45) is 0 Å². The van der Waals surface area contributed by atoms with Crippen molar-refractivity contribution in [1.82, 2.24) is 19.9 Å². The van der Waals surface area contributed by atoms with Crippen molar-refractivity contribution >= 4 is 17.7 Å². The number of alkyl halides is 3. The van der Waals surface area contributed by atoms with Gasteiger partial charge in [-0.3, -0.25) is 0 Å². The lowest BCUT2D eigenvalue weighted by Gasteiger charge is -2.10. The molecule has 0 spiro atoms. The highest BCUT2D eigenvalue weighted by molar-refractivity contribution is 7.99. The molecule has 0 saturated carbocycles. The highest BCUT2D eigenvalue weighted by Gasteiger charge is 2.33. The molecule has 0 saturated heterocycles.